The van der Waals surface area contributed by atoms with Gasteiger partial charge in [-0.25, -0.2) is 14.8 Å². The summed E-state index contributed by atoms with van der Waals surface area (Å²) in [6.45, 7) is 5.50. The maximum Gasteiger partial charge on any atom is 0.408 e. The van der Waals surface area contributed by atoms with Crippen LogP contribution in [0.5, 0.6) is 0 Å². The van der Waals surface area contributed by atoms with Crippen molar-refractivity contribution in [2.45, 2.75) is 96.6 Å². The molecule has 0 saturated heterocycles. The molecule has 32 heavy (non-hydrogen) atoms. The van der Waals surface area contributed by atoms with Crippen LogP contribution in [0.25, 0.3) is 0 Å². The predicted molar refractivity (Wildman–Crippen MR) is 128 cm³/mol. The van der Waals surface area contributed by atoms with E-state index in [2.05, 4.69) is 36.5 Å². The molecule has 2 aliphatic carbocycles. The Morgan fingerprint density at radius 2 is 1.53 bits per heavy atom. The second-order valence-electron chi connectivity index (χ2n) is 10.2. The molecular formula is C24H37BrN4O3. The summed E-state index contributed by atoms with van der Waals surface area (Å²) in [6.07, 6.45) is 14.2. The molecule has 1 aromatic heterocycles. The Balaban J connectivity index is 1.87. The van der Waals surface area contributed by atoms with Gasteiger partial charge >= 0.3 is 6.09 Å². The number of rotatable bonds is 6. The van der Waals surface area contributed by atoms with Crippen molar-refractivity contribution in [3.05, 3.63) is 17.0 Å². The molecule has 2 aliphatic rings. The number of ether oxygens (including phenoxy) is 1. The van der Waals surface area contributed by atoms with Gasteiger partial charge in [-0.15, -0.1) is 0 Å². The van der Waals surface area contributed by atoms with E-state index in [1.165, 1.54) is 44.7 Å². The Kier molecular flexibility index (Phi) is 8.91. The fraction of sp³-hybridized carbons (Fsp3) is 0.750. The molecule has 0 aromatic carbocycles. The molecule has 1 heterocycles. The lowest BCUT2D eigenvalue weighted by Gasteiger charge is -2.41. The highest BCUT2D eigenvalue weighted by molar-refractivity contribution is 9.10. The van der Waals surface area contributed by atoms with Gasteiger partial charge in [0.25, 0.3) is 0 Å². The van der Waals surface area contributed by atoms with Crippen molar-refractivity contribution in [1.29, 1.82) is 0 Å². The Morgan fingerprint density at radius 3 is 2.00 bits per heavy atom. The second kappa shape index (κ2) is 11.4. The van der Waals surface area contributed by atoms with Gasteiger partial charge < -0.3 is 15.4 Å². The first-order chi connectivity index (χ1) is 15.2. The van der Waals surface area contributed by atoms with Gasteiger partial charge in [-0.3, -0.25) is 4.79 Å². The second-order valence-corrected chi connectivity index (χ2v) is 11.0. The first-order valence-corrected chi connectivity index (χ1v) is 12.8. The Hall–Kier alpha value is -1.70. The fourth-order valence-corrected chi connectivity index (χ4v) is 5.52. The van der Waals surface area contributed by atoms with Crippen LogP contribution in [0.15, 0.2) is 17.0 Å². The molecule has 3 rings (SSSR count). The number of carbonyl (C=O) groups is 2. The summed E-state index contributed by atoms with van der Waals surface area (Å²) < 4.78 is 6.14. The van der Waals surface area contributed by atoms with E-state index in [0.717, 1.165) is 25.7 Å². The van der Waals surface area contributed by atoms with E-state index in [9.17, 15) is 9.59 Å². The molecule has 2 amide bonds. The molecule has 0 bridgehead atoms. The number of halogens is 1. The summed E-state index contributed by atoms with van der Waals surface area (Å²) in [4.78, 5) is 34.7. The summed E-state index contributed by atoms with van der Waals surface area (Å²) in [5.41, 5.74) is -0.631. The predicted octanol–water partition coefficient (Wildman–Crippen LogP) is 5.85. The molecule has 8 heteroatoms. The number of alkyl carbamates (subject to hydrolysis) is 1. The van der Waals surface area contributed by atoms with Gasteiger partial charge in [0.05, 0.1) is 12.4 Å². The van der Waals surface area contributed by atoms with Crippen molar-refractivity contribution in [3.63, 3.8) is 0 Å². The van der Waals surface area contributed by atoms with E-state index in [0.29, 0.717) is 22.3 Å². The largest absolute Gasteiger partial charge is 0.444 e. The molecule has 1 atom stereocenters. The lowest BCUT2D eigenvalue weighted by molar-refractivity contribution is -0.121. The fourth-order valence-electron chi connectivity index (χ4n) is 5.32. The van der Waals surface area contributed by atoms with Gasteiger partial charge in [0.2, 0.25) is 5.91 Å². The highest BCUT2D eigenvalue weighted by Gasteiger charge is 2.41. The molecular weight excluding hydrogens is 472 g/mol. The van der Waals surface area contributed by atoms with Gasteiger partial charge in [0.1, 0.15) is 16.2 Å². The molecule has 2 N–H and O–H groups in total. The third-order valence-corrected chi connectivity index (χ3v) is 7.01. The highest BCUT2D eigenvalue weighted by Crippen LogP contribution is 2.42. The van der Waals surface area contributed by atoms with Crippen LogP contribution in [0, 0.1) is 17.8 Å². The van der Waals surface area contributed by atoms with Crippen molar-refractivity contribution >= 4 is 33.7 Å². The number of nitrogens with one attached hydrogen (secondary N) is 2. The van der Waals surface area contributed by atoms with Crippen LogP contribution < -0.4 is 10.6 Å². The number of carbonyl (C=O) groups excluding carboxylic acids is 2. The number of anilines is 1. The zero-order valence-corrected chi connectivity index (χ0v) is 21.1. The highest BCUT2D eigenvalue weighted by atomic mass is 79.9. The van der Waals surface area contributed by atoms with Crippen LogP contribution in [-0.4, -0.2) is 33.6 Å². The van der Waals surface area contributed by atoms with Gasteiger partial charge in [-0.2, -0.15) is 0 Å². The standard InChI is InChI=1S/C24H37BrN4O3/c1-24(2,3)32-23(31)29-21(22(30)28-19-15-26-18(25)14-27-19)20(16-10-6-4-7-11-16)17-12-8-5-9-13-17/h14-17,20-21H,4-13H2,1-3H3,(H,29,31)(H,27,28,30). The van der Waals surface area contributed by atoms with E-state index in [-0.39, 0.29) is 11.8 Å². The SMILES string of the molecule is CC(C)(C)OC(=O)NC(C(=O)Nc1cnc(Br)cn1)C(C1CCCCC1)C1CCCCC1. The minimum atomic E-state index is -0.665. The number of amides is 2. The third-order valence-electron chi connectivity index (χ3n) is 6.60. The lowest BCUT2D eigenvalue weighted by Crippen LogP contribution is -2.54. The van der Waals surface area contributed by atoms with E-state index >= 15 is 0 Å². The van der Waals surface area contributed by atoms with Gasteiger partial charge in [-0.05, 0) is 54.5 Å². The Labute approximate surface area is 200 Å². The molecule has 178 valence electrons. The summed E-state index contributed by atoms with van der Waals surface area (Å²) >= 11 is 3.27. The molecule has 0 radical (unpaired) electrons. The molecule has 1 aromatic rings. The molecule has 2 saturated carbocycles. The third kappa shape index (κ3) is 7.42. The topological polar surface area (TPSA) is 93.2 Å². The maximum atomic E-state index is 13.6. The number of hydrogen-bond donors (Lipinski definition) is 2. The molecule has 2 fully saturated rings. The van der Waals surface area contributed by atoms with Crippen molar-refractivity contribution in [2.75, 3.05) is 5.32 Å². The summed E-state index contributed by atoms with van der Waals surface area (Å²) in [5, 5.41) is 5.86. The van der Waals surface area contributed by atoms with Crippen LogP contribution >= 0.6 is 15.9 Å². The lowest BCUT2D eigenvalue weighted by atomic mass is 9.66. The quantitative estimate of drug-likeness (QED) is 0.502. The number of hydrogen-bond acceptors (Lipinski definition) is 5. The van der Waals surface area contributed by atoms with Crippen LogP contribution in [0.2, 0.25) is 0 Å². The average molecular weight is 509 g/mol. The first-order valence-electron chi connectivity index (χ1n) is 12.0. The summed E-state index contributed by atoms with van der Waals surface area (Å²) in [7, 11) is 0. The zero-order valence-electron chi connectivity index (χ0n) is 19.5. The minimum Gasteiger partial charge on any atom is -0.444 e. The Bertz CT molecular complexity index is 736. The number of nitrogens with zero attached hydrogens (tertiary/aromatic N) is 2. The van der Waals surface area contributed by atoms with E-state index in [1.807, 2.05) is 20.8 Å². The van der Waals surface area contributed by atoms with E-state index in [1.54, 1.807) is 6.20 Å². The van der Waals surface area contributed by atoms with Crippen LogP contribution in [0.1, 0.15) is 85.0 Å². The van der Waals surface area contributed by atoms with Gasteiger partial charge in [-0.1, -0.05) is 64.2 Å². The maximum absolute atomic E-state index is 13.6. The monoisotopic (exact) mass is 508 g/mol. The number of aromatic nitrogens is 2. The zero-order chi connectivity index (χ0) is 23.1. The van der Waals surface area contributed by atoms with Crippen LogP contribution in [0.3, 0.4) is 0 Å². The first kappa shape index (κ1) is 24.9. The van der Waals surface area contributed by atoms with Crippen LogP contribution in [0.4, 0.5) is 10.6 Å². The molecule has 7 nitrogen and oxygen atoms in total. The van der Waals surface area contributed by atoms with Gasteiger partial charge in [0.15, 0.2) is 5.82 Å². The molecule has 1 unspecified atom stereocenters. The summed E-state index contributed by atoms with van der Waals surface area (Å²) in [5.74, 6) is 1.07. The molecule has 0 aliphatic heterocycles. The smallest absolute Gasteiger partial charge is 0.408 e. The average Bonchev–Trinajstić information content (AvgIpc) is 2.75. The summed E-state index contributed by atoms with van der Waals surface area (Å²) in [6, 6.07) is -0.665. The van der Waals surface area contributed by atoms with Crippen LogP contribution in [-0.2, 0) is 9.53 Å². The minimum absolute atomic E-state index is 0.0894. The van der Waals surface area contributed by atoms with Gasteiger partial charge in [0, 0.05) is 0 Å². The van der Waals surface area contributed by atoms with Crippen molar-refractivity contribution in [3.8, 4) is 0 Å². The Morgan fingerprint density at radius 1 is 0.969 bits per heavy atom. The van der Waals surface area contributed by atoms with Crippen molar-refractivity contribution in [2.24, 2.45) is 17.8 Å². The van der Waals surface area contributed by atoms with Crippen molar-refractivity contribution in [1.82, 2.24) is 15.3 Å². The molecule has 0 spiro atoms. The van der Waals surface area contributed by atoms with Crippen molar-refractivity contribution < 1.29 is 14.3 Å². The van der Waals surface area contributed by atoms with E-state index < -0.39 is 17.7 Å². The van der Waals surface area contributed by atoms with E-state index in [4.69, 9.17) is 4.74 Å². The normalized spacial score (nSPS) is 19.4.